The Bertz CT molecular complexity index is 610. The fourth-order valence-corrected chi connectivity index (χ4v) is 3.13. The highest BCUT2D eigenvalue weighted by molar-refractivity contribution is 5.64. The Morgan fingerprint density at radius 3 is 2.14 bits per heavy atom. The summed E-state index contributed by atoms with van der Waals surface area (Å²) in [6.45, 7) is 10.1. The van der Waals surface area contributed by atoms with Gasteiger partial charge in [0.1, 0.15) is 0 Å². The van der Waals surface area contributed by atoms with Crippen LogP contribution in [0.4, 0.5) is 0 Å². The van der Waals surface area contributed by atoms with Crippen LogP contribution in [-0.2, 0) is 4.74 Å². The Hall–Kier alpha value is -1.71. The summed E-state index contributed by atoms with van der Waals surface area (Å²) in [5.74, 6) is 0. The Morgan fingerprint density at radius 1 is 0.955 bits per heavy atom. The third kappa shape index (κ3) is 3.37. The highest BCUT2D eigenvalue weighted by Crippen LogP contribution is 2.26. The van der Waals surface area contributed by atoms with Crippen molar-refractivity contribution in [3.05, 3.63) is 53.3 Å². The lowest BCUT2D eigenvalue weighted by molar-refractivity contribution is 0.0198. The molecule has 1 aromatic heterocycles. The van der Waals surface area contributed by atoms with Crippen molar-refractivity contribution < 1.29 is 4.74 Å². The Morgan fingerprint density at radius 2 is 1.55 bits per heavy atom. The van der Waals surface area contributed by atoms with Crippen LogP contribution in [0.15, 0.2) is 36.4 Å². The minimum absolute atomic E-state index is 0.443. The molecule has 1 aliphatic heterocycles. The van der Waals surface area contributed by atoms with Crippen molar-refractivity contribution in [2.75, 3.05) is 26.3 Å². The molecule has 3 heteroatoms. The van der Waals surface area contributed by atoms with Crippen molar-refractivity contribution in [1.29, 1.82) is 0 Å². The Kier molecular flexibility index (Phi) is 4.55. The van der Waals surface area contributed by atoms with Gasteiger partial charge in [-0.15, -0.1) is 0 Å². The van der Waals surface area contributed by atoms with Crippen molar-refractivity contribution in [1.82, 2.24) is 9.88 Å². The van der Waals surface area contributed by atoms with E-state index in [9.17, 15) is 0 Å². The minimum Gasteiger partial charge on any atom is -0.379 e. The SMILES string of the molecule is Cc1cc(-c2ccc([C@@H](C)N3CCOCC3)cc2)cc(C)n1. The van der Waals surface area contributed by atoms with Crippen LogP contribution in [0.1, 0.15) is 29.9 Å². The van der Waals surface area contributed by atoms with E-state index in [-0.39, 0.29) is 0 Å². The predicted molar refractivity (Wildman–Crippen MR) is 90.0 cm³/mol. The summed E-state index contributed by atoms with van der Waals surface area (Å²) < 4.78 is 5.44. The van der Waals surface area contributed by atoms with Crippen LogP contribution in [0.3, 0.4) is 0 Å². The fraction of sp³-hybridized carbons (Fsp3) is 0.421. The highest BCUT2D eigenvalue weighted by atomic mass is 16.5. The lowest BCUT2D eigenvalue weighted by Crippen LogP contribution is -2.37. The predicted octanol–water partition coefficient (Wildman–Crippen LogP) is 3.76. The maximum atomic E-state index is 5.44. The van der Waals surface area contributed by atoms with E-state index in [1.807, 2.05) is 13.8 Å². The normalized spacial score (nSPS) is 17.4. The number of hydrogen-bond acceptors (Lipinski definition) is 3. The number of morpholine rings is 1. The van der Waals surface area contributed by atoms with Gasteiger partial charge < -0.3 is 4.74 Å². The molecule has 0 N–H and O–H groups in total. The van der Waals surface area contributed by atoms with E-state index in [1.54, 1.807) is 0 Å². The largest absolute Gasteiger partial charge is 0.379 e. The van der Waals surface area contributed by atoms with Gasteiger partial charge in [-0.3, -0.25) is 9.88 Å². The molecule has 0 unspecified atom stereocenters. The summed E-state index contributed by atoms with van der Waals surface area (Å²) in [5, 5.41) is 0. The van der Waals surface area contributed by atoms with Crippen LogP contribution in [0.5, 0.6) is 0 Å². The molecule has 3 nitrogen and oxygen atoms in total. The molecule has 1 fully saturated rings. The standard InChI is InChI=1S/C19H24N2O/c1-14-12-19(13-15(2)20-14)18-6-4-17(5-7-18)16(3)21-8-10-22-11-9-21/h4-7,12-13,16H,8-11H2,1-3H3/t16-/m1/s1. The van der Waals surface area contributed by atoms with E-state index >= 15 is 0 Å². The first-order chi connectivity index (χ1) is 10.6. The van der Waals surface area contributed by atoms with Crippen LogP contribution in [0, 0.1) is 13.8 Å². The van der Waals surface area contributed by atoms with Crippen LogP contribution in [-0.4, -0.2) is 36.2 Å². The van der Waals surface area contributed by atoms with E-state index in [1.165, 1.54) is 16.7 Å². The molecule has 2 aromatic rings. The lowest BCUT2D eigenvalue weighted by Gasteiger charge is -2.32. The number of nitrogens with zero attached hydrogens (tertiary/aromatic N) is 2. The molecule has 1 aromatic carbocycles. The molecular formula is C19H24N2O. The monoisotopic (exact) mass is 296 g/mol. The number of pyridine rings is 1. The van der Waals surface area contributed by atoms with Crippen molar-refractivity contribution in [3.63, 3.8) is 0 Å². The maximum Gasteiger partial charge on any atom is 0.0594 e. The number of hydrogen-bond donors (Lipinski definition) is 0. The van der Waals surface area contributed by atoms with Gasteiger partial charge in [-0.1, -0.05) is 24.3 Å². The summed E-state index contributed by atoms with van der Waals surface area (Å²) in [6, 6.07) is 13.7. The molecule has 0 saturated carbocycles. The highest BCUT2D eigenvalue weighted by Gasteiger charge is 2.18. The van der Waals surface area contributed by atoms with Gasteiger partial charge in [-0.25, -0.2) is 0 Å². The molecule has 0 bridgehead atoms. The second kappa shape index (κ2) is 6.59. The third-order valence-corrected chi connectivity index (χ3v) is 4.40. The molecule has 0 aliphatic carbocycles. The number of aryl methyl sites for hydroxylation is 2. The summed E-state index contributed by atoms with van der Waals surface area (Å²) in [4.78, 5) is 6.93. The van der Waals surface area contributed by atoms with Crippen LogP contribution in [0.2, 0.25) is 0 Å². The molecule has 0 radical (unpaired) electrons. The third-order valence-electron chi connectivity index (χ3n) is 4.40. The summed E-state index contributed by atoms with van der Waals surface area (Å²) >= 11 is 0. The summed E-state index contributed by atoms with van der Waals surface area (Å²) in [5.41, 5.74) is 6.01. The molecule has 0 spiro atoms. The lowest BCUT2D eigenvalue weighted by atomic mass is 10.00. The van der Waals surface area contributed by atoms with Crippen LogP contribution < -0.4 is 0 Å². The number of benzene rings is 1. The van der Waals surface area contributed by atoms with Crippen LogP contribution >= 0.6 is 0 Å². The molecule has 1 atom stereocenters. The number of aromatic nitrogens is 1. The fourth-order valence-electron chi connectivity index (χ4n) is 3.13. The van der Waals surface area contributed by atoms with Crippen molar-refractivity contribution >= 4 is 0 Å². The van der Waals surface area contributed by atoms with Crippen LogP contribution in [0.25, 0.3) is 11.1 Å². The van der Waals surface area contributed by atoms with E-state index in [4.69, 9.17) is 4.74 Å². The quantitative estimate of drug-likeness (QED) is 0.862. The molecule has 2 heterocycles. The van der Waals surface area contributed by atoms with Gasteiger partial charge in [-0.2, -0.15) is 0 Å². The zero-order valence-electron chi connectivity index (χ0n) is 13.7. The topological polar surface area (TPSA) is 25.4 Å². The first kappa shape index (κ1) is 15.2. The first-order valence-corrected chi connectivity index (χ1v) is 8.01. The molecule has 1 saturated heterocycles. The van der Waals surface area contributed by atoms with Crippen molar-refractivity contribution in [2.24, 2.45) is 0 Å². The van der Waals surface area contributed by atoms with Gasteiger partial charge in [0.25, 0.3) is 0 Å². The first-order valence-electron chi connectivity index (χ1n) is 8.01. The molecule has 3 rings (SSSR count). The number of ether oxygens (including phenoxy) is 1. The van der Waals surface area contributed by atoms with Gasteiger partial charge in [0.05, 0.1) is 13.2 Å². The average molecular weight is 296 g/mol. The van der Waals surface area contributed by atoms with Crippen molar-refractivity contribution in [3.8, 4) is 11.1 Å². The van der Waals surface area contributed by atoms with E-state index in [0.717, 1.165) is 37.7 Å². The molecule has 116 valence electrons. The van der Waals surface area contributed by atoms with Crippen molar-refractivity contribution in [2.45, 2.75) is 26.8 Å². The Labute approximate surface area is 132 Å². The van der Waals surface area contributed by atoms with Gasteiger partial charge in [0.15, 0.2) is 0 Å². The second-order valence-electron chi connectivity index (χ2n) is 6.08. The van der Waals surface area contributed by atoms with E-state index < -0.39 is 0 Å². The average Bonchev–Trinajstić information content (AvgIpc) is 2.54. The summed E-state index contributed by atoms with van der Waals surface area (Å²) in [6.07, 6.45) is 0. The smallest absolute Gasteiger partial charge is 0.0594 e. The number of rotatable bonds is 3. The zero-order chi connectivity index (χ0) is 15.5. The van der Waals surface area contributed by atoms with E-state index in [0.29, 0.717) is 6.04 Å². The zero-order valence-corrected chi connectivity index (χ0v) is 13.7. The molecule has 22 heavy (non-hydrogen) atoms. The molecule has 1 aliphatic rings. The van der Waals surface area contributed by atoms with E-state index in [2.05, 4.69) is 53.2 Å². The Balaban J connectivity index is 1.79. The minimum atomic E-state index is 0.443. The van der Waals surface area contributed by atoms with Gasteiger partial charge >= 0.3 is 0 Å². The molecule has 0 amide bonds. The second-order valence-corrected chi connectivity index (χ2v) is 6.08. The molecular weight excluding hydrogens is 272 g/mol. The van der Waals surface area contributed by atoms with Gasteiger partial charge in [0.2, 0.25) is 0 Å². The maximum absolute atomic E-state index is 5.44. The summed E-state index contributed by atoms with van der Waals surface area (Å²) in [7, 11) is 0. The van der Waals surface area contributed by atoms with Gasteiger partial charge in [-0.05, 0) is 49.6 Å². The van der Waals surface area contributed by atoms with Gasteiger partial charge in [0, 0.05) is 30.5 Å².